The Morgan fingerprint density at radius 1 is 1.23 bits per heavy atom. The highest BCUT2D eigenvalue weighted by molar-refractivity contribution is 7.16. The molecule has 3 aromatic heterocycles. The number of fused-ring (bicyclic) bond motifs is 1. The lowest BCUT2D eigenvalue weighted by atomic mass is 10.1. The minimum Gasteiger partial charge on any atom is -0.487 e. The first kappa shape index (κ1) is 20.7. The summed E-state index contributed by atoms with van der Waals surface area (Å²) >= 11 is 1.04. The topological polar surface area (TPSA) is 92.3 Å². The lowest BCUT2D eigenvalue weighted by Gasteiger charge is -2.13. The largest absolute Gasteiger partial charge is 0.487 e. The Balaban J connectivity index is 1.68. The number of halogens is 3. The van der Waals surface area contributed by atoms with Crippen LogP contribution in [-0.2, 0) is 12.8 Å². The van der Waals surface area contributed by atoms with E-state index in [1.54, 1.807) is 16.8 Å². The zero-order chi connectivity index (χ0) is 22.2. The number of nitrogens with two attached hydrogens (primary N) is 1. The molecular formula is C20H15F3N4O3S. The van der Waals surface area contributed by atoms with Gasteiger partial charge in [0.25, 0.3) is 5.91 Å². The quantitative estimate of drug-likeness (QED) is 0.478. The van der Waals surface area contributed by atoms with Crippen molar-refractivity contribution in [2.24, 2.45) is 5.73 Å². The SMILES string of the molecule is COc1cc2ncn(-c3cc(OCc4ccccc4C(F)(F)F)c(C(N)=O)s3)c2cn1. The molecule has 31 heavy (non-hydrogen) atoms. The Labute approximate surface area is 177 Å². The smallest absolute Gasteiger partial charge is 0.416 e. The number of rotatable bonds is 6. The summed E-state index contributed by atoms with van der Waals surface area (Å²) in [6.07, 6.45) is -1.42. The molecule has 0 unspecified atom stereocenters. The lowest BCUT2D eigenvalue weighted by Crippen LogP contribution is -2.13. The van der Waals surface area contributed by atoms with Crippen LogP contribution in [0.25, 0.3) is 16.0 Å². The van der Waals surface area contributed by atoms with Crippen molar-refractivity contribution in [3.8, 4) is 16.6 Å². The molecule has 11 heteroatoms. The minimum absolute atomic E-state index is 0.0532. The van der Waals surface area contributed by atoms with Crippen molar-refractivity contribution < 1.29 is 27.4 Å². The second-order valence-electron chi connectivity index (χ2n) is 6.42. The molecule has 0 saturated carbocycles. The molecule has 0 aliphatic heterocycles. The van der Waals surface area contributed by atoms with Crippen LogP contribution in [0.15, 0.2) is 48.9 Å². The van der Waals surface area contributed by atoms with Gasteiger partial charge in [-0.2, -0.15) is 13.2 Å². The van der Waals surface area contributed by atoms with Gasteiger partial charge in [-0.3, -0.25) is 9.36 Å². The van der Waals surface area contributed by atoms with Crippen LogP contribution in [0.1, 0.15) is 20.8 Å². The van der Waals surface area contributed by atoms with Crippen LogP contribution >= 0.6 is 11.3 Å². The molecule has 0 saturated heterocycles. The molecule has 0 radical (unpaired) electrons. The Morgan fingerprint density at radius 2 is 2.00 bits per heavy atom. The normalized spacial score (nSPS) is 11.6. The molecule has 1 amide bonds. The number of aromatic nitrogens is 3. The second kappa shape index (κ2) is 7.91. The Kier molecular flexibility index (Phi) is 5.27. The van der Waals surface area contributed by atoms with Crippen molar-refractivity contribution in [1.29, 1.82) is 0 Å². The van der Waals surface area contributed by atoms with Gasteiger partial charge in [0, 0.05) is 17.7 Å². The van der Waals surface area contributed by atoms with Crippen LogP contribution in [0.3, 0.4) is 0 Å². The van der Waals surface area contributed by atoms with Gasteiger partial charge in [0.2, 0.25) is 5.88 Å². The predicted molar refractivity (Wildman–Crippen MR) is 108 cm³/mol. The lowest BCUT2D eigenvalue weighted by molar-refractivity contribution is -0.138. The summed E-state index contributed by atoms with van der Waals surface area (Å²) in [4.78, 5) is 20.4. The molecule has 1 aromatic carbocycles. The molecule has 4 aromatic rings. The molecule has 0 bridgehead atoms. The fraction of sp³-hybridized carbons (Fsp3) is 0.150. The number of hydrogen-bond acceptors (Lipinski definition) is 6. The van der Waals surface area contributed by atoms with Crippen LogP contribution in [0, 0.1) is 0 Å². The summed E-state index contributed by atoms with van der Waals surface area (Å²) in [6.45, 7) is -0.379. The molecular weight excluding hydrogens is 433 g/mol. The molecule has 3 heterocycles. The van der Waals surface area contributed by atoms with Crippen molar-refractivity contribution in [2.75, 3.05) is 7.11 Å². The molecule has 7 nitrogen and oxygen atoms in total. The van der Waals surface area contributed by atoms with Gasteiger partial charge in [0.15, 0.2) is 0 Å². The zero-order valence-corrected chi connectivity index (χ0v) is 16.8. The standard InChI is InChI=1S/C20H15F3N4O3S/c1-29-16-6-13-14(8-25-16)27(10-26-13)17-7-15(18(31-17)19(24)28)30-9-11-4-2-3-5-12(11)20(21,22)23/h2-8,10H,9H2,1H3,(H2,24,28). The molecule has 0 spiro atoms. The minimum atomic E-state index is -4.52. The Hall–Kier alpha value is -3.60. The number of pyridine rings is 1. The fourth-order valence-electron chi connectivity index (χ4n) is 3.02. The summed E-state index contributed by atoms with van der Waals surface area (Å²) < 4.78 is 52.0. The maximum absolute atomic E-state index is 13.2. The van der Waals surface area contributed by atoms with E-state index in [0.717, 1.165) is 17.4 Å². The Bertz CT molecular complexity index is 1270. The van der Waals surface area contributed by atoms with Gasteiger partial charge in [0.05, 0.1) is 29.9 Å². The highest BCUT2D eigenvalue weighted by Gasteiger charge is 2.33. The predicted octanol–water partition coefficient (Wildman–Crippen LogP) is 4.19. The van der Waals surface area contributed by atoms with Crippen LogP contribution in [0.2, 0.25) is 0 Å². The van der Waals surface area contributed by atoms with Gasteiger partial charge >= 0.3 is 6.18 Å². The molecule has 160 valence electrons. The van der Waals surface area contributed by atoms with Gasteiger partial charge in [-0.05, 0) is 6.07 Å². The van der Waals surface area contributed by atoms with Gasteiger partial charge in [-0.25, -0.2) is 9.97 Å². The molecule has 0 atom stereocenters. The zero-order valence-electron chi connectivity index (χ0n) is 16.0. The number of primary amides is 1. The summed E-state index contributed by atoms with van der Waals surface area (Å²) in [7, 11) is 1.49. The number of alkyl halides is 3. The number of imidazole rings is 1. The maximum Gasteiger partial charge on any atom is 0.416 e. The van der Waals surface area contributed by atoms with E-state index >= 15 is 0 Å². The van der Waals surface area contributed by atoms with E-state index < -0.39 is 17.6 Å². The summed E-state index contributed by atoms with van der Waals surface area (Å²) in [5, 5.41) is 0.544. The number of amides is 1. The third-order valence-corrected chi connectivity index (χ3v) is 5.60. The van der Waals surface area contributed by atoms with Crippen LogP contribution in [0.4, 0.5) is 13.2 Å². The molecule has 0 aliphatic rings. The third-order valence-electron chi connectivity index (χ3n) is 4.47. The first-order valence-electron chi connectivity index (χ1n) is 8.87. The highest BCUT2D eigenvalue weighted by atomic mass is 32.1. The van der Waals surface area contributed by atoms with Gasteiger partial charge < -0.3 is 15.2 Å². The Morgan fingerprint density at radius 3 is 2.71 bits per heavy atom. The van der Waals surface area contributed by atoms with Crippen molar-refractivity contribution in [2.45, 2.75) is 12.8 Å². The monoisotopic (exact) mass is 448 g/mol. The van der Waals surface area contributed by atoms with Crippen molar-refractivity contribution >= 4 is 28.3 Å². The average molecular weight is 448 g/mol. The maximum atomic E-state index is 13.2. The van der Waals surface area contributed by atoms with Gasteiger partial charge in [-0.1, -0.05) is 18.2 Å². The number of hydrogen-bond donors (Lipinski definition) is 1. The number of methoxy groups -OCH3 is 1. The first-order valence-corrected chi connectivity index (χ1v) is 9.68. The number of ether oxygens (including phenoxy) is 2. The van der Waals surface area contributed by atoms with E-state index in [1.165, 1.54) is 37.7 Å². The third kappa shape index (κ3) is 4.04. The molecule has 4 rings (SSSR count). The van der Waals surface area contributed by atoms with E-state index in [4.69, 9.17) is 15.2 Å². The van der Waals surface area contributed by atoms with Crippen molar-refractivity contribution in [3.05, 3.63) is 64.9 Å². The molecule has 0 fully saturated rings. The van der Waals surface area contributed by atoms with Gasteiger partial charge in [-0.15, -0.1) is 11.3 Å². The first-order chi connectivity index (χ1) is 14.8. The summed E-state index contributed by atoms with van der Waals surface area (Å²) in [5.74, 6) is -0.263. The van der Waals surface area contributed by atoms with E-state index in [1.807, 2.05) is 0 Å². The van der Waals surface area contributed by atoms with Crippen LogP contribution in [0.5, 0.6) is 11.6 Å². The number of carbonyl (C=O) groups is 1. The number of thiophene rings is 1. The summed E-state index contributed by atoms with van der Waals surface area (Å²) in [6, 6.07) is 8.28. The van der Waals surface area contributed by atoms with Crippen molar-refractivity contribution in [1.82, 2.24) is 14.5 Å². The van der Waals surface area contributed by atoms with E-state index in [-0.39, 0.29) is 22.8 Å². The number of benzene rings is 1. The second-order valence-corrected chi connectivity index (χ2v) is 7.45. The van der Waals surface area contributed by atoms with E-state index in [9.17, 15) is 18.0 Å². The van der Waals surface area contributed by atoms with E-state index in [0.29, 0.717) is 21.9 Å². The van der Waals surface area contributed by atoms with Crippen LogP contribution < -0.4 is 15.2 Å². The van der Waals surface area contributed by atoms with Gasteiger partial charge in [0.1, 0.15) is 28.6 Å². The summed E-state index contributed by atoms with van der Waals surface area (Å²) in [5.41, 5.74) is 5.86. The molecule has 0 aliphatic carbocycles. The van der Waals surface area contributed by atoms with Crippen molar-refractivity contribution in [3.63, 3.8) is 0 Å². The van der Waals surface area contributed by atoms with Crippen LogP contribution in [-0.4, -0.2) is 27.6 Å². The van der Waals surface area contributed by atoms with E-state index in [2.05, 4.69) is 9.97 Å². The highest BCUT2D eigenvalue weighted by Crippen LogP contribution is 2.36. The average Bonchev–Trinajstić information content (AvgIpc) is 3.35. The molecule has 2 N–H and O–H groups in total. The number of nitrogens with zero attached hydrogens (tertiary/aromatic N) is 3. The fourth-order valence-corrected chi connectivity index (χ4v) is 3.95. The number of carbonyl (C=O) groups excluding carboxylic acids is 1.